The van der Waals surface area contributed by atoms with Crippen molar-refractivity contribution in [2.45, 2.75) is 29.9 Å². The number of anilines is 1. The molecule has 12 heteroatoms. The molecule has 0 fully saturated rings. The Morgan fingerprint density at radius 2 is 2.21 bits per heavy atom. The van der Waals surface area contributed by atoms with Gasteiger partial charge in [-0.1, -0.05) is 48.3 Å². The Hall–Kier alpha value is -2.57. The number of hydrogen-bond donors (Lipinski definition) is 1. The molecule has 1 N–H and O–H groups in total. The van der Waals surface area contributed by atoms with E-state index in [-0.39, 0.29) is 23.1 Å². The number of furan rings is 1. The maximum Gasteiger partial charge on any atom is 0.293 e. The smallest absolute Gasteiger partial charge is 0.293 e. The van der Waals surface area contributed by atoms with Gasteiger partial charge < -0.3 is 4.42 Å². The van der Waals surface area contributed by atoms with Crippen molar-refractivity contribution >= 4 is 50.4 Å². The van der Waals surface area contributed by atoms with Crippen molar-refractivity contribution in [3.63, 3.8) is 0 Å². The highest BCUT2D eigenvalue weighted by Gasteiger charge is 2.14. The molecule has 4 aromatic heterocycles. The molecule has 4 aromatic rings. The number of fused-ring (bicyclic) bond motifs is 1. The van der Waals surface area contributed by atoms with Gasteiger partial charge in [0.05, 0.1) is 12.0 Å². The molecule has 0 atom stereocenters. The van der Waals surface area contributed by atoms with Gasteiger partial charge in [0.15, 0.2) is 10.1 Å². The number of amides is 1. The Labute approximate surface area is 170 Å². The van der Waals surface area contributed by atoms with Crippen molar-refractivity contribution in [1.82, 2.24) is 24.8 Å². The van der Waals surface area contributed by atoms with Gasteiger partial charge in [0.25, 0.3) is 11.5 Å². The Morgan fingerprint density at radius 1 is 1.36 bits per heavy atom. The highest BCUT2D eigenvalue weighted by molar-refractivity contribution is 8.00. The molecule has 144 valence electrons. The fraction of sp³-hybridized carbons (Fsp3) is 0.250. The maximum atomic E-state index is 12.3. The fourth-order valence-corrected chi connectivity index (χ4v) is 4.76. The molecule has 0 aromatic carbocycles. The Bertz CT molecular complexity index is 1180. The van der Waals surface area contributed by atoms with Crippen LogP contribution in [0.4, 0.5) is 5.13 Å². The molecule has 0 spiro atoms. The van der Waals surface area contributed by atoms with Crippen LogP contribution in [0.15, 0.2) is 38.0 Å². The van der Waals surface area contributed by atoms with Crippen molar-refractivity contribution in [1.29, 1.82) is 0 Å². The maximum absolute atomic E-state index is 12.3. The van der Waals surface area contributed by atoms with Gasteiger partial charge in [-0.05, 0) is 12.1 Å². The van der Waals surface area contributed by atoms with Crippen LogP contribution in [0.3, 0.4) is 0 Å². The molecule has 0 radical (unpaired) electrons. The van der Waals surface area contributed by atoms with Crippen LogP contribution in [-0.2, 0) is 5.75 Å². The number of rotatable bonds is 6. The van der Waals surface area contributed by atoms with Crippen LogP contribution in [0.2, 0.25) is 0 Å². The quantitative estimate of drug-likeness (QED) is 0.363. The topological polar surface area (TPSA) is 115 Å². The first-order chi connectivity index (χ1) is 13.5. The van der Waals surface area contributed by atoms with Gasteiger partial charge in [0.2, 0.25) is 10.1 Å². The van der Waals surface area contributed by atoms with Crippen LogP contribution >= 0.6 is 34.4 Å². The van der Waals surface area contributed by atoms with Crippen LogP contribution in [0.5, 0.6) is 0 Å². The summed E-state index contributed by atoms with van der Waals surface area (Å²) in [6.45, 7) is 4.05. The Morgan fingerprint density at radius 3 is 2.96 bits per heavy atom. The molecule has 0 aliphatic rings. The summed E-state index contributed by atoms with van der Waals surface area (Å²) in [4.78, 5) is 29.3. The minimum absolute atomic E-state index is 0.201. The van der Waals surface area contributed by atoms with Gasteiger partial charge in [-0.3, -0.25) is 14.9 Å². The number of nitrogens with one attached hydrogen (secondary N) is 1. The molecule has 0 saturated carbocycles. The molecule has 0 saturated heterocycles. The number of carbonyl (C=O) groups excluding carboxylic acids is 1. The van der Waals surface area contributed by atoms with Crippen LogP contribution in [-0.4, -0.2) is 30.7 Å². The van der Waals surface area contributed by atoms with Crippen LogP contribution in [0, 0.1) is 0 Å². The average Bonchev–Trinajstić information content (AvgIpc) is 3.40. The van der Waals surface area contributed by atoms with E-state index >= 15 is 0 Å². The molecule has 0 bridgehead atoms. The van der Waals surface area contributed by atoms with Gasteiger partial charge in [0, 0.05) is 17.7 Å². The van der Waals surface area contributed by atoms with Gasteiger partial charge in [-0.2, -0.15) is 9.61 Å². The second-order valence-electron chi connectivity index (χ2n) is 5.97. The number of nitrogens with zero attached hydrogens (tertiary/aromatic N) is 5. The van der Waals surface area contributed by atoms with Crippen LogP contribution in [0.1, 0.15) is 41.0 Å². The number of hydrogen-bond acceptors (Lipinski definition) is 10. The summed E-state index contributed by atoms with van der Waals surface area (Å²) < 4.78 is 7.03. The molecule has 4 heterocycles. The molecule has 0 aliphatic heterocycles. The minimum Gasteiger partial charge on any atom is -0.459 e. The molecule has 0 aliphatic carbocycles. The third kappa shape index (κ3) is 3.98. The molecule has 9 nitrogen and oxygen atoms in total. The lowest BCUT2D eigenvalue weighted by Crippen LogP contribution is -2.15. The normalized spacial score (nSPS) is 11.4. The zero-order valence-corrected chi connectivity index (χ0v) is 17.2. The molecule has 28 heavy (non-hydrogen) atoms. The van der Waals surface area contributed by atoms with E-state index < -0.39 is 0 Å². The third-order valence-corrected chi connectivity index (χ3v) is 6.74. The zero-order chi connectivity index (χ0) is 19.7. The Balaban J connectivity index is 1.44. The summed E-state index contributed by atoms with van der Waals surface area (Å²) in [5, 5.41) is 16.2. The van der Waals surface area contributed by atoms with Crippen molar-refractivity contribution < 1.29 is 9.21 Å². The monoisotopic (exact) mass is 434 g/mol. The number of thioether (sulfide) groups is 1. The zero-order valence-electron chi connectivity index (χ0n) is 14.8. The van der Waals surface area contributed by atoms with E-state index in [0.29, 0.717) is 25.9 Å². The summed E-state index contributed by atoms with van der Waals surface area (Å²) in [6, 6.07) is 4.68. The van der Waals surface area contributed by atoms with Gasteiger partial charge in [-0.15, -0.1) is 10.2 Å². The summed E-state index contributed by atoms with van der Waals surface area (Å²) in [5.74, 6) is 0.512. The number of carbonyl (C=O) groups is 1. The van der Waals surface area contributed by atoms with Gasteiger partial charge >= 0.3 is 0 Å². The lowest BCUT2D eigenvalue weighted by molar-refractivity contribution is 0.0996. The van der Waals surface area contributed by atoms with Crippen molar-refractivity contribution in [3.05, 3.63) is 51.3 Å². The summed E-state index contributed by atoms with van der Waals surface area (Å²) in [5.41, 5.74) is 0.442. The highest BCUT2D eigenvalue weighted by atomic mass is 32.2. The predicted molar refractivity (Wildman–Crippen MR) is 107 cm³/mol. The van der Waals surface area contributed by atoms with E-state index in [1.54, 1.807) is 12.1 Å². The standard InChI is InChI=1S/C16H14N6O3S3/c1-8(2)13-21-22-11(23)6-9(17-15(22)27-13)7-26-16-20-19-14(28-16)18-12(24)10-4-3-5-25-10/h3-6,8H,7H2,1-2H3,(H,18,19,24). The van der Waals surface area contributed by atoms with E-state index in [9.17, 15) is 9.59 Å². The molecule has 0 unspecified atom stereocenters. The Kier molecular flexibility index (Phi) is 5.24. The first-order valence-electron chi connectivity index (χ1n) is 8.20. The first kappa shape index (κ1) is 18.8. The van der Waals surface area contributed by atoms with E-state index in [4.69, 9.17) is 4.42 Å². The molecular weight excluding hydrogens is 420 g/mol. The van der Waals surface area contributed by atoms with Crippen LogP contribution in [0.25, 0.3) is 4.96 Å². The van der Waals surface area contributed by atoms with E-state index in [0.717, 1.165) is 5.01 Å². The summed E-state index contributed by atoms with van der Waals surface area (Å²) >= 11 is 4.05. The highest BCUT2D eigenvalue weighted by Crippen LogP contribution is 2.28. The summed E-state index contributed by atoms with van der Waals surface area (Å²) in [6.07, 6.45) is 1.43. The van der Waals surface area contributed by atoms with Crippen LogP contribution < -0.4 is 10.9 Å². The summed E-state index contributed by atoms with van der Waals surface area (Å²) in [7, 11) is 0. The largest absolute Gasteiger partial charge is 0.459 e. The molecular formula is C16H14N6O3S3. The van der Waals surface area contributed by atoms with E-state index in [1.807, 2.05) is 13.8 Å². The minimum atomic E-state index is -0.385. The van der Waals surface area contributed by atoms with Gasteiger partial charge in [-0.25, -0.2) is 4.98 Å². The van der Waals surface area contributed by atoms with Crippen molar-refractivity contribution in [3.8, 4) is 0 Å². The van der Waals surface area contributed by atoms with Gasteiger partial charge in [0.1, 0.15) is 5.01 Å². The molecule has 4 rings (SSSR count). The van der Waals surface area contributed by atoms with E-state index in [1.165, 1.54) is 51.3 Å². The van der Waals surface area contributed by atoms with Crippen molar-refractivity contribution in [2.75, 3.05) is 5.32 Å². The lowest BCUT2D eigenvalue weighted by Gasteiger charge is -1.98. The lowest BCUT2D eigenvalue weighted by atomic mass is 10.2. The number of aromatic nitrogens is 5. The SMILES string of the molecule is CC(C)c1nn2c(=O)cc(CSc3nnc(NC(=O)c4ccco4)s3)nc2s1. The molecule has 1 amide bonds. The predicted octanol–water partition coefficient (Wildman–Crippen LogP) is 3.26. The average molecular weight is 435 g/mol. The first-order valence-corrected chi connectivity index (χ1v) is 10.8. The second kappa shape index (κ2) is 7.81. The second-order valence-corrected chi connectivity index (χ2v) is 9.16. The third-order valence-electron chi connectivity index (χ3n) is 3.52. The fourth-order valence-electron chi connectivity index (χ4n) is 2.20. The van der Waals surface area contributed by atoms with Crippen molar-refractivity contribution in [2.24, 2.45) is 0 Å². The van der Waals surface area contributed by atoms with E-state index in [2.05, 4.69) is 25.6 Å².